The number of hydrogen-bond donors (Lipinski definition) is 1. The van der Waals surface area contributed by atoms with Crippen LogP contribution in [0.5, 0.6) is 0 Å². The average molecular weight is 203 g/mol. The van der Waals surface area contributed by atoms with E-state index >= 15 is 0 Å². The first-order valence-electron chi connectivity index (χ1n) is 3.04. The Morgan fingerprint density at radius 2 is 2.54 bits per heavy atom. The van der Waals surface area contributed by atoms with E-state index in [1.165, 1.54) is 22.0 Å². The Morgan fingerprint density at radius 1 is 1.85 bits per heavy atom. The first-order valence-corrected chi connectivity index (χ1v) is 3.04. The van der Waals surface area contributed by atoms with Crippen LogP contribution in [0.4, 0.5) is 0 Å². The van der Waals surface area contributed by atoms with Crippen LogP contribution in [0.2, 0.25) is 0 Å². The van der Waals surface area contributed by atoms with Gasteiger partial charge in [-0.05, 0) is 5.18 Å². The molecule has 0 radical (unpaired) electrons. The van der Waals surface area contributed by atoms with E-state index in [0.717, 1.165) is 0 Å². The number of hydrogen-bond acceptors (Lipinski definition) is 4. The van der Waals surface area contributed by atoms with Gasteiger partial charge >= 0.3 is 0 Å². The number of nitrogen functional groups attached to an aromatic ring is 1. The van der Waals surface area contributed by atoms with Gasteiger partial charge < -0.3 is 5.41 Å². The molecule has 0 aliphatic heterocycles. The van der Waals surface area contributed by atoms with E-state index in [2.05, 4.69) is 10.3 Å². The summed E-state index contributed by atoms with van der Waals surface area (Å²) in [5.74, 6) is 6.91. The van der Waals surface area contributed by atoms with E-state index in [1.807, 2.05) is 0 Å². The fraction of sp³-hybridized carbons (Fsp3) is 0.200. The second-order valence-corrected chi connectivity index (χ2v) is 2.04. The lowest BCUT2D eigenvalue weighted by Gasteiger charge is -1.88. The smallest absolute Gasteiger partial charge is 0.286 e. The zero-order valence-corrected chi connectivity index (χ0v) is 7.31. The number of aromatic nitrogens is 3. The minimum atomic E-state index is -0.140. The van der Waals surface area contributed by atoms with Gasteiger partial charge in [0, 0.05) is 5.10 Å². The molecule has 0 aliphatic carbocycles. The molecular formula is C5H7ClN6O. The van der Waals surface area contributed by atoms with Gasteiger partial charge in [0.15, 0.2) is 6.54 Å². The molecule has 0 amide bonds. The van der Waals surface area contributed by atoms with Crippen LogP contribution >= 0.6 is 12.4 Å². The third kappa shape index (κ3) is 3.02. The van der Waals surface area contributed by atoms with Crippen LogP contribution < -0.4 is 10.5 Å². The molecule has 1 aromatic rings. The monoisotopic (exact) mass is 202 g/mol. The van der Waals surface area contributed by atoms with Crippen molar-refractivity contribution in [3.05, 3.63) is 28.7 Å². The largest absolute Gasteiger partial charge is 0.762 e. The molecule has 1 aromatic heterocycles. The Hall–Kier alpha value is -1.72. The topological polar surface area (TPSA) is 99.4 Å². The highest BCUT2D eigenvalue weighted by atomic mass is 35.5. The summed E-state index contributed by atoms with van der Waals surface area (Å²) in [6.07, 6.45) is 2.78. The molecule has 2 N–H and O–H groups in total. The van der Waals surface area contributed by atoms with Crippen molar-refractivity contribution in [3.63, 3.8) is 0 Å². The molecule has 8 heteroatoms. The Labute approximate surface area is 79.7 Å². The number of nitroso groups, excluding NO2 is 1. The highest BCUT2D eigenvalue weighted by Crippen LogP contribution is 1.92. The van der Waals surface area contributed by atoms with Gasteiger partial charge in [-0.15, -0.1) is 26.7 Å². The molecular weight excluding hydrogens is 196 g/mol. The minimum Gasteiger partial charge on any atom is -0.762 e. The average Bonchev–Trinajstić information content (AvgIpc) is 2.47. The first-order chi connectivity index (χ1) is 5.76. The van der Waals surface area contributed by atoms with Crippen LogP contribution in [0.15, 0.2) is 23.5 Å². The van der Waals surface area contributed by atoms with Crippen molar-refractivity contribution in [1.82, 2.24) is 9.78 Å². The molecule has 1 heterocycles. The minimum absolute atomic E-state index is 0. The van der Waals surface area contributed by atoms with Crippen LogP contribution in [0.1, 0.15) is 0 Å². The van der Waals surface area contributed by atoms with Crippen molar-refractivity contribution in [2.45, 2.75) is 6.54 Å². The lowest BCUT2D eigenvalue weighted by Crippen LogP contribution is -2.42. The summed E-state index contributed by atoms with van der Waals surface area (Å²) in [4.78, 5) is 9.96. The molecule has 0 bridgehead atoms. The zero-order chi connectivity index (χ0) is 8.97. The maximum atomic E-state index is 9.96. The quantitative estimate of drug-likeness (QED) is 0.300. The van der Waals surface area contributed by atoms with Gasteiger partial charge in [-0.3, -0.25) is 5.84 Å². The van der Waals surface area contributed by atoms with Crippen LogP contribution in [0, 0.1) is 4.91 Å². The molecule has 0 aliphatic rings. The molecule has 1 rings (SSSR count). The van der Waals surface area contributed by atoms with Gasteiger partial charge in [0.2, 0.25) is 6.33 Å². The van der Waals surface area contributed by atoms with Gasteiger partial charge in [-0.1, -0.05) is 0 Å². The molecule has 0 aromatic carbocycles. The Balaban J connectivity index is 0.00000144. The fourth-order valence-electron chi connectivity index (χ4n) is 0.659. The maximum Gasteiger partial charge on any atom is 0.286 e. The molecule has 0 atom stereocenters. The molecule has 70 valence electrons. The molecule has 0 saturated heterocycles. The number of rotatable bonds is 3. The van der Waals surface area contributed by atoms with Crippen LogP contribution in [-0.2, 0) is 6.54 Å². The van der Waals surface area contributed by atoms with E-state index in [1.54, 1.807) is 5.87 Å². The van der Waals surface area contributed by atoms with E-state index in [0.29, 0.717) is 0 Å². The zero-order valence-electron chi connectivity index (χ0n) is 6.49. The van der Waals surface area contributed by atoms with Crippen molar-refractivity contribution >= 4 is 18.3 Å². The summed E-state index contributed by atoms with van der Waals surface area (Å²) in [6.45, 7) is 0.0458. The summed E-state index contributed by atoms with van der Waals surface area (Å²) >= 11 is 0. The first kappa shape index (κ1) is 11.3. The van der Waals surface area contributed by atoms with Crippen molar-refractivity contribution in [3.8, 4) is 0 Å². The summed E-state index contributed by atoms with van der Waals surface area (Å²) in [7, 11) is 0. The third-order valence-corrected chi connectivity index (χ3v) is 1.15. The second-order valence-electron chi connectivity index (χ2n) is 2.04. The Bertz CT molecular complexity index is 341. The summed E-state index contributed by atoms with van der Waals surface area (Å²) in [5, 5.41) is 14.6. The molecule has 7 nitrogen and oxygen atoms in total. The SMILES string of the molecule is Cl.[N-]=C=C(Cn1c[n+](N)cn1)N=O. The van der Waals surface area contributed by atoms with E-state index < -0.39 is 0 Å². The van der Waals surface area contributed by atoms with E-state index in [4.69, 9.17) is 11.3 Å². The van der Waals surface area contributed by atoms with Gasteiger partial charge in [-0.2, -0.15) is 0 Å². The van der Waals surface area contributed by atoms with Gasteiger partial charge in [0.1, 0.15) is 5.70 Å². The van der Waals surface area contributed by atoms with E-state index in [-0.39, 0.29) is 24.6 Å². The predicted octanol–water partition coefficient (Wildman–Crippen LogP) is -0.804. The number of nitrogens with two attached hydrogens (primary N) is 1. The van der Waals surface area contributed by atoms with Crippen molar-refractivity contribution in [2.24, 2.45) is 5.18 Å². The summed E-state index contributed by atoms with van der Waals surface area (Å²) in [5.41, 5.74) is -0.140. The van der Waals surface area contributed by atoms with Crippen LogP contribution in [0.3, 0.4) is 0 Å². The lowest BCUT2D eigenvalue weighted by atomic mass is 10.5. The molecule has 0 fully saturated rings. The molecule has 13 heavy (non-hydrogen) atoms. The lowest BCUT2D eigenvalue weighted by molar-refractivity contribution is -0.639. The van der Waals surface area contributed by atoms with Gasteiger partial charge in [-0.25, -0.2) is 5.87 Å². The standard InChI is InChI=1S/C5H6N6O.ClH/c6-1-5(9-12)2-11-4-10(7)3-8-11;/h3-4H,2,7H2;1H. The van der Waals surface area contributed by atoms with Crippen LogP contribution in [0.25, 0.3) is 5.41 Å². The number of nitrogens with zero attached hydrogens (tertiary/aromatic N) is 5. The predicted molar refractivity (Wildman–Crippen MR) is 47.5 cm³/mol. The van der Waals surface area contributed by atoms with Crippen molar-refractivity contribution in [1.29, 1.82) is 0 Å². The van der Waals surface area contributed by atoms with Crippen molar-refractivity contribution < 1.29 is 4.68 Å². The van der Waals surface area contributed by atoms with Crippen LogP contribution in [-0.4, -0.2) is 15.7 Å². The molecule has 0 unspecified atom stereocenters. The van der Waals surface area contributed by atoms with Gasteiger partial charge in [0.25, 0.3) is 6.33 Å². The second kappa shape index (κ2) is 5.02. The highest BCUT2D eigenvalue weighted by molar-refractivity contribution is 5.85. The van der Waals surface area contributed by atoms with Crippen molar-refractivity contribution in [2.75, 3.05) is 5.84 Å². The Kier molecular flexibility index (Phi) is 4.36. The summed E-state index contributed by atoms with van der Waals surface area (Å²) < 4.78 is 2.54. The fourth-order valence-corrected chi connectivity index (χ4v) is 0.659. The number of allylic oxidation sites excluding steroid dienone is 1. The number of halogens is 1. The normalized spacial score (nSPS) is 8.31. The van der Waals surface area contributed by atoms with E-state index in [9.17, 15) is 4.91 Å². The maximum absolute atomic E-state index is 9.96. The molecule has 0 spiro atoms. The molecule has 0 saturated carbocycles. The third-order valence-electron chi connectivity index (χ3n) is 1.15. The van der Waals surface area contributed by atoms with Gasteiger partial charge in [0.05, 0.1) is 0 Å². The Morgan fingerprint density at radius 3 is 2.92 bits per heavy atom. The highest BCUT2D eigenvalue weighted by Gasteiger charge is 2.05. The summed E-state index contributed by atoms with van der Waals surface area (Å²) in [6, 6.07) is 0.